The standard InChI is InChI=1S/C14H26N2O2/c1-11-4-6-14(10-17,7-5-11)16-9-13(18)15-8-12-2-3-12/h11-12,16-17H,2-10H2,1H3,(H,15,18). The first-order valence-corrected chi connectivity index (χ1v) is 7.26. The number of carbonyl (C=O) groups excluding carboxylic acids is 1. The van der Waals surface area contributed by atoms with Gasteiger partial charge in [-0.15, -0.1) is 0 Å². The Kier molecular flexibility index (Phi) is 4.62. The minimum atomic E-state index is -0.219. The van der Waals surface area contributed by atoms with E-state index in [0.29, 0.717) is 6.54 Å². The minimum Gasteiger partial charge on any atom is -0.394 e. The SMILES string of the molecule is CC1CCC(CO)(NCC(=O)NCC2CC2)CC1. The molecule has 2 fully saturated rings. The number of hydrogen-bond acceptors (Lipinski definition) is 3. The highest BCUT2D eigenvalue weighted by molar-refractivity contribution is 5.78. The molecule has 0 atom stereocenters. The van der Waals surface area contributed by atoms with Crippen molar-refractivity contribution in [1.29, 1.82) is 0 Å². The summed E-state index contributed by atoms with van der Waals surface area (Å²) in [5.41, 5.74) is -0.219. The summed E-state index contributed by atoms with van der Waals surface area (Å²) in [4.78, 5) is 11.7. The highest BCUT2D eigenvalue weighted by Gasteiger charge is 2.33. The maximum absolute atomic E-state index is 11.7. The van der Waals surface area contributed by atoms with Crippen LogP contribution in [0.3, 0.4) is 0 Å². The first kappa shape index (κ1) is 13.8. The number of aliphatic hydroxyl groups excluding tert-OH is 1. The highest BCUT2D eigenvalue weighted by Crippen LogP contribution is 2.31. The largest absolute Gasteiger partial charge is 0.394 e. The molecule has 0 heterocycles. The number of amides is 1. The molecule has 0 spiro atoms. The molecule has 0 bridgehead atoms. The lowest BCUT2D eigenvalue weighted by Crippen LogP contribution is -2.53. The first-order chi connectivity index (χ1) is 8.63. The van der Waals surface area contributed by atoms with E-state index in [1.54, 1.807) is 0 Å². The zero-order valence-corrected chi connectivity index (χ0v) is 11.4. The van der Waals surface area contributed by atoms with Crippen molar-refractivity contribution in [2.24, 2.45) is 11.8 Å². The van der Waals surface area contributed by atoms with Gasteiger partial charge >= 0.3 is 0 Å². The smallest absolute Gasteiger partial charge is 0.233 e. The normalized spacial score (nSPS) is 32.2. The van der Waals surface area contributed by atoms with E-state index in [2.05, 4.69) is 17.6 Å². The van der Waals surface area contributed by atoms with Gasteiger partial charge in [-0.25, -0.2) is 0 Å². The fourth-order valence-electron chi connectivity index (χ4n) is 2.62. The highest BCUT2D eigenvalue weighted by atomic mass is 16.3. The molecular formula is C14H26N2O2. The van der Waals surface area contributed by atoms with Gasteiger partial charge in [0, 0.05) is 12.1 Å². The topological polar surface area (TPSA) is 61.4 Å². The van der Waals surface area contributed by atoms with Gasteiger partial charge in [0.1, 0.15) is 0 Å². The van der Waals surface area contributed by atoms with Crippen LogP contribution in [0.25, 0.3) is 0 Å². The molecule has 2 rings (SSSR count). The van der Waals surface area contributed by atoms with Crippen molar-refractivity contribution in [3.8, 4) is 0 Å². The molecule has 2 aliphatic rings. The second-order valence-corrected chi connectivity index (χ2v) is 6.22. The van der Waals surface area contributed by atoms with Gasteiger partial charge in [0.05, 0.1) is 13.2 Å². The zero-order valence-electron chi connectivity index (χ0n) is 11.4. The molecule has 0 aromatic carbocycles. The molecule has 0 aromatic rings. The molecule has 0 aliphatic heterocycles. The molecule has 0 unspecified atom stereocenters. The van der Waals surface area contributed by atoms with E-state index < -0.39 is 0 Å². The van der Waals surface area contributed by atoms with E-state index >= 15 is 0 Å². The first-order valence-electron chi connectivity index (χ1n) is 7.26. The van der Waals surface area contributed by atoms with Crippen molar-refractivity contribution < 1.29 is 9.90 Å². The lowest BCUT2D eigenvalue weighted by molar-refractivity contribution is -0.120. The summed E-state index contributed by atoms with van der Waals surface area (Å²) in [6.07, 6.45) is 6.73. The Bertz CT molecular complexity index is 282. The predicted octanol–water partition coefficient (Wildman–Crippen LogP) is 1.04. The van der Waals surface area contributed by atoms with Gasteiger partial charge in [0.2, 0.25) is 5.91 Å². The van der Waals surface area contributed by atoms with Crippen LogP contribution in [0.1, 0.15) is 45.4 Å². The van der Waals surface area contributed by atoms with Crippen LogP contribution in [0.15, 0.2) is 0 Å². The van der Waals surface area contributed by atoms with Crippen LogP contribution in [0.5, 0.6) is 0 Å². The molecule has 1 amide bonds. The second-order valence-electron chi connectivity index (χ2n) is 6.22. The van der Waals surface area contributed by atoms with E-state index in [0.717, 1.165) is 44.1 Å². The third-order valence-electron chi connectivity index (χ3n) is 4.44. The Morgan fingerprint density at radius 2 is 1.94 bits per heavy atom. The van der Waals surface area contributed by atoms with Crippen molar-refractivity contribution in [3.63, 3.8) is 0 Å². The van der Waals surface area contributed by atoms with Gasteiger partial charge in [0.15, 0.2) is 0 Å². The van der Waals surface area contributed by atoms with E-state index in [4.69, 9.17) is 0 Å². The van der Waals surface area contributed by atoms with E-state index in [1.165, 1.54) is 12.8 Å². The molecule has 0 aromatic heterocycles. The third-order valence-corrected chi connectivity index (χ3v) is 4.44. The van der Waals surface area contributed by atoms with E-state index in [1.807, 2.05) is 0 Å². The maximum Gasteiger partial charge on any atom is 0.233 e. The Morgan fingerprint density at radius 1 is 1.28 bits per heavy atom. The average Bonchev–Trinajstić information content (AvgIpc) is 3.20. The molecule has 3 N–H and O–H groups in total. The summed E-state index contributed by atoms with van der Waals surface area (Å²) >= 11 is 0. The van der Waals surface area contributed by atoms with Crippen molar-refractivity contribution in [1.82, 2.24) is 10.6 Å². The van der Waals surface area contributed by atoms with E-state index in [9.17, 15) is 9.90 Å². The zero-order chi connectivity index (χ0) is 13.0. The summed E-state index contributed by atoms with van der Waals surface area (Å²) < 4.78 is 0. The Hall–Kier alpha value is -0.610. The van der Waals surface area contributed by atoms with Crippen LogP contribution < -0.4 is 10.6 Å². The van der Waals surface area contributed by atoms with Crippen LogP contribution in [0.2, 0.25) is 0 Å². The lowest BCUT2D eigenvalue weighted by Gasteiger charge is -2.38. The van der Waals surface area contributed by atoms with Gasteiger partial charge in [-0.2, -0.15) is 0 Å². The van der Waals surface area contributed by atoms with Crippen LogP contribution in [-0.4, -0.2) is 36.2 Å². The predicted molar refractivity (Wildman–Crippen MR) is 71.2 cm³/mol. The number of rotatable bonds is 6. The molecule has 104 valence electrons. The van der Waals surface area contributed by atoms with Crippen LogP contribution in [0, 0.1) is 11.8 Å². The fraction of sp³-hybridized carbons (Fsp3) is 0.929. The van der Waals surface area contributed by atoms with E-state index in [-0.39, 0.29) is 18.1 Å². The summed E-state index contributed by atoms with van der Waals surface area (Å²) in [6, 6.07) is 0. The number of carbonyl (C=O) groups is 1. The van der Waals surface area contributed by atoms with Crippen molar-refractivity contribution >= 4 is 5.91 Å². The Morgan fingerprint density at radius 3 is 2.50 bits per heavy atom. The second kappa shape index (κ2) is 6.02. The van der Waals surface area contributed by atoms with Gasteiger partial charge in [0.25, 0.3) is 0 Å². The summed E-state index contributed by atoms with van der Waals surface area (Å²) in [6.45, 7) is 3.55. The van der Waals surface area contributed by atoms with Crippen LogP contribution >= 0.6 is 0 Å². The summed E-state index contributed by atoms with van der Waals surface area (Å²) in [5.74, 6) is 1.53. The number of aliphatic hydroxyl groups is 1. The van der Waals surface area contributed by atoms with Crippen molar-refractivity contribution in [2.45, 2.75) is 51.0 Å². The summed E-state index contributed by atoms with van der Waals surface area (Å²) in [5, 5.41) is 15.8. The molecule has 0 saturated heterocycles. The van der Waals surface area contributed by atoms with Gasteiger partial charge in [-0.3, -0.25) is 4.79 Å². The third kappa shape index (κ3) is 3.95. The monoisotopic (exact) mass is 254 g/mol. The molecule has 4 nitrogen and oxygen atoms in total. The molecule has 18 heavy (non-hydrogen) atoms. The van der Waals surface area contributed by atoms with Crippen LogP contribution in [0.4, 0.5) is 0 Å². The molecule has 2 aliphatic carbocycles. The van der Waals surface area contributed by atoms with Gasteiger partial charge in [-0.1, -0.05) is 6.92 Å². The average molecular weight is 254 g/mol. The number of hydrogen-bond donors (Lipinski definition) is 3. The fourth-order valence-corrected chi connectivity index (χ4v) is 2.62. The molecule has 2 saturated carbocycles. The quantitative estimate of drug-likeness (QED) is 0.664. The molecular weight excluding hydrogens is 228 g/mol. The van der Waals surface area contributed by atoms with Crippen molar-refractivity contribution in [2.75, 3.05) is 19.7 Å². The lowest BCUT2D eigenvalue weighted by atomic mass is 9.77. The maximum atomic E-state index is 11.7. The van der Waals surface area contributed by atoms with Gasteiger partial charge < -0.3 is 15.7 Å². The minimum absolute atomic E-state index is 0.0633. The molecule has 4 heteroatoms. The Balaban J connectivity index is 1.70. The van der Waals surface area contributed by atoms with Gasteiger partial charge in [-0.05, 0) is 50.4 Å². The molecule has 0 radical (unpaired) electrons. The Labute approximate surface area is 110 Å². The van der Waals surface area contributed by atoms with Crippen molar-refractivity contribution in [3.05, 3.63) is 0 Å². The van der Waals surface area contributed by atoms with Crippen LogP contribution in [-0.2, 0) is 4.79 Å². The summed E-state index contributed by atoms with van der Waals surface area (Å²) in [7, 11) is 0. The number of nitrogens with one attached hydrogen (secondary N) is 2.